The van der Waals surface area contributed by atoms with E-state index < -0.39 is 0 Å². The molecule has 2 heterocycles. The molecule has 1 aliphatic heterocycles. The Labute approximate surface area is 193 Å². The number of piperidine rings is 1. The molecule has 1 amide bonds. The van der Waals surface area contributed by atoms with Gasteiger partial charge in [-0.3, -0.25) is 4.79 Å². The van der Waals surface area contributed by atoms with E-state index >= 15 is 0 Å². The van der Waals surface area contributed by atoms with Crippen molar-refractivity contribution in [2.45, 2.75) is 72.3 Å². The van der Waals surface area contributed by atoms with E-state index in [0.717, 1.165) is 56.4 Å². The molecular weight excluding hydrogens is 400 g/mol. The van der Waals surface area contributed by atoms with E-state index in [1.807, 2.05) is 12.3 Å². The zero-order valence-corrected chi connectivity index (χ0v) is 20.2. The van der Waals surface area contributed by atoms with E-state index in [1.54, 1.807) is 0 Å². The number of aromatic nitrogens is 1. The molecule has 1 saturated carbocycles. The first-order valence-corrected chi connectivity index (χ1v) is 12.4. The number of primary amides is 1. The number of anilines is 1. The van der Waals surface area contributed by atoms with E-state index in [0.29, 0.717) is 17.9 Å². The molecule has 32 heavy (non-hydrogen) atoms. The van der Waals surface area contributed by atoms with Crippen LogP contribution < -0.4 is 21.3 Å². The van der Waals surface area contributed by atoms with Gasteiger partial charge >= 0.3 is 0 Å². The third kappa shape index (κ3) is 6.59. The van der Waals surface area contributed by atoms with Crippen LogP contribution in [-0.2, 0) is 11.3 Å². The standard InChI is InChI=1S/C25H42N6O/c1-4-27-24(30-18-25(16-19(2)3)11-5-6-12-25)29-17-21-8-7-13-28-23(21)31-14-9-20(10-15-31)22(26)32/h7-8,13,19-20H,4-6,9-12,14-18H2,1-3H3,(H2,26,32)(H2,27,29,30). The van der Waals surface area contributed by atoms with Gasteiger partial charge in [0, 0.05) is 43.9 Å². The average molecular weight is 443 g/mol. The van der Waals surface area contributed by atoms with Crippen molar-refractivity contribution in [2.75, 3.05) is 31.1 Å². The molecule has 1 aliphatic carbocycles. The molecule has 7 heteroatoms. The Bertz CT molecular complexity index is 763. The van der Waals surface area contributed by atoms with E-state index in [9.17, 15) is 4.79 Å². The summed E-state index contributed by atoms with van der Waals surface area (Å²) >= 11 is 0. The van der Waals surface area contributed by atoms with Gasteiger partial charge in [0.25, 0.3) is 0 Å². The van der Waals surface area contributed by atoms with Gasteiger partial charge in [0.2, 0.25) is 5.91 Å². The van der Waals surface area contributed by atoms with Gasteiger partial charge in [-0.15, -0.1) is 0 Å². The third-order valence-corrected chi connectivity index (χ3v) is 6.95. The number of carbonyl (C=O) groups is 1. The second kappa shape index (κ2) is 11.5. The minimum Gasteiger partial charge on any atom is -0.369 e. The number of pyridine rings is 1. The van der Waals surface area contributed by atoms with Gasteiger partial charge in [-0.1, -0.05) is 32.8 Å². The lowest BCUT2D eigenvalue weighted by Crippen LogP contribution is -2.43. The van der Waals surface area contributed by atoms with Crippen molar-refractivity contribution in [3.63, 3.8) is 0 Å². The van der Waals surface area contributed by atoms with Gasteiger partial charge in [0.1, 0.15) is 5.82 Å². The lowest BCUT2D eigenvalue weighted by atomic mass is 9.78. The molecular formula is C25H42N6O. The number of carbonyl (C=O) groups excluding carboxylic acids is 1. The first-order chi connectivity index (χ1) is 15.4. The summed E-state index contributed by atoms with van der Waals surface area (Å²) in [5, 5.41) is 7.07. The minimum absolute atomic E-state index is 0.0188. The fourth-order valence-corrected chi connectivity index (χ4v) is 5.44. The first-order valence-electron chi connectivity index (χ1n) is 12.4. The Morgan fingerprint density at radius 3 is 2.62 bits per heavy atom. The van der Waals surface area contributed by atoms with Crippen LogP contribution in [0.1, 0.15) is 71.3 Å². The summed E-state index contributed by atoms with van der Waals surface area (Å²) in [6.07, 6.45) is 9.99. The highest BCUT2D eigenvalue weighted by atomic mass is 16.1. The van der Waals surface area contributed by atoms with Crippen LogP contribution in [0.4, 0.5) is 5.82 Å². The Balaban J connectivity index is 1.66. The molecule has 7 nitrogen and oxygen atoms in total. The van der Waals surface area contributed by atoms with E-state index in [4.69, 9.17) is 10.7 Å². The van der Waals surface area contributed by atoms with Crippen molar-refractivity contribution < 1.29 is 4.79 Å². The van der Waals surface area contributed by atoms with Gasteiger partial charge in [-0.05, 0) is 56.4 Å². The predicted octanol–water partition coefficient (Wildman–Crippen LogP) is 3.44. The summed E-state index contributed by atoms with van der Waals surface area (Å²) in [5.41, 5.74) is 7.00. The quantitative estimate of drug-likeness (QED) is 0.402. The highest BCUT2D eigenvalue weighted by Crippen LogP contribution is 2.42. The second-order valence-electron chi connectivity index (χ2n) is 10.0. The Hall–Kier alpha value is -2.31. The van der Waals surface area contributed by atoms with Crippen molar-refractivity contribution >= 4 is 17.7 Å². The summed E-state index contributed by atoms with van der Waals surface area (Å²) in [6.45, 7) is 10.8. The maximum Gasteiger partial charge on any atom is 0.220 e. The molecule has 2 fully saturated rings. The molecule has 0 radical (unpaired) electrons. The molecule has 2 aliphatic rings. The first kappa shape index (κ1) is 24.3. The smallest absolute Gasteiger partial charge is 0.220 e. The van der Waals surface area contributed by atoms with Crippen LogP contribution in [0.25, 0.3) is 0 Å². The Morgan fingerprint density at radius 1 is 1.28 bits per heavy atom. The van der Waals surface area contributed by atoms with Crippen molar-refractivity contribution in [2.24, 2.45) is 28.0 Å². The number of hydrogen-bond acceptors (Lipinski definition) is 4. The molecule has 1 saturated heterocycles. The zero-order chi connectivity index (χ0) is 23.0. The summed E-state index contributed by atoms with van der Waals surface area (Å²) in [6, 6.07) is 4.08. The molecule has 0 aromatic carbocycles. The molecule has 4 N–H and O–H groups in total. The van der Waals surface area contributed by atoms with Crippen LogP contribution in [0.5, 0.6) is 0 Å². The lowest BCUT2D eigenvalue weighted by molar-refractivity contribution is -0.122. The summed E-state index contributed by atoms with van der Waals surface area (Å²) in [4.78, 5) is 23.3. The van der Waals surface area contributed by atoms with Crippen molar-refractivity contribution in [1.29, 1.82) is 0 Å². The Morgan fingerprint density at radius 2 is 2.00 bits per heavy atom. The average Bonchev–Trinajstić information content (AvgIpc) is 3.24. The van der Waals surface area contributed by atoms with Crippen molar-refractivity contribution in [3.8, 4) is 0 Å². The topological polar surface area (TPSA) is 95.6 Å². The molecule has 0 atom stereocenters. The number of nitrogens with two attached hydrogens (primary N) is 1. The zero-order valence-electron chi connectivity index (χ0n) is 20.2. The van der Waals surface area contributed by atoms with Crippen LogP contribution in [0.2, 0.25) is 0 Å². The van der Waals surface area contributed by atoms with Gasteiger partial charge in [0.15, 0.2) is 5.96 Å². The highest BCUT2D eigenvalue weighted by Gasteiger charge is 2.34. The van der Waals surface area contributed by atoms with Crippen LogP contribution >= 0.6 is 0 Å². The number of amides is 1. The number of nitrogens with zero attached hydrogens (tertiary/aromatic N) is 3. The van der Waals surface area contributed by atoms with Crippen molar-refractivity contribution in [3.05, 3.63) is 23.9 Å². The minimum atomic E-state index is -0.186. The van der Waals surface area contributed by atoms with Crippen LogP contribution in [0, 0.1) is 17.3 Å². The maximum atomic E-state index is 11.5. The number of hydrogen-bond donors (Lipinski definition) is 3. The monoisotopic (exact) mass is 442 g/mol. The molecule has 3 rings (SSSR count). The molecule has 0 unspecified atom stereocenters. The number of guanidine groups is 1. The SMILES string of the molecule is CCNC(=NCc1cccnc1N1CCC(C(N)=O)CC1)NCC1(CC(C)C)CCCC1. The molecule has 1 aromatic heterocycles. The van der Waals surface area contributed by atoms with E-state index in [2.05, 4.69) is 47.4 Å². The summed E-state index contributed by atoms with van der Waals surface area (Å²) < 4.78 is 0. The highest BCUT2D eigenvalue weighted by molar-refractivity contribution is 5.80. The van der Waals surface area contributed by atoms with Crippen LogP contribution in [0.3, 0.4) is 0 Å². The van der Waals surface area contributed by atoms with Gasteiger partial charge in [-0.25, -0.2) is 9.98 Å². The number of aliphatic imine (C=N–C) groups is 1. The molecule has 178 valence electrons. The summed E-state index contributed by atoms with van der Waals surface area (Å²) in [5.74, 6) is 2.36. The molecule has 0 spiro atoms. The fourth-order valence-electron chi connectivity index (χ4n) is 5.44. The lowest BCUT2D eigenvalue weighted by Gasteiger charge is -2.32. The van der Waals surface area contributed by atoms with E-state index in [1.165, 1.54) is 32.1 Å². The molecule has 0 bridgehead atoms. The maximum absolute atomic E-state index is 11.5. The number of nitrogens with one attached hydrogen (secondary N) is 2. The summed E-state index contributed by atoms with van der Waals surface area (Å²) in [7, 11) is 0. The van der Waals surface area contributed by atoms with Crippen molar-refractivity contribution in [1.82, 2.24) is 15.6 Å². The second-order valence-corrected chi connectivity index (χ2v) is 10.0. The van der Waals surface area contributed by atoms with Gasteiger partial charge in [0.05, 0.1) is 6.54 Å². The largest absolute Gasteiger partial charge is 0.369 e. The van der Waals surface area contributed by atoms with Gasteiger partial charge < -0.3 is 21.3 Å². The van der Waals surface area contributed by atoms with Crippen LogP contribution in [0.15, 0.2) is 23.3 Å². The Kier molecular flexibility index (Phi) is 8.76. The normalized spacial score (nSPS) is 19.4. The molecule has 1 aromatic rings. The number of rotatable bonds is 9. The van der Waals surface area contributed by atoms with E-state index in [-0.39, 0.29) is 11.8 Å². The van der Waals surface area contributed by atoms with Gasteiger partial charge in [-0.2, -0.15) is 0 Å². The fraction of sp³-hybridized carbons (Fsp3) is 0.720. The predicted molar refractivity (Wildman–Crippen MR) is 132 cm³/mol. The van der Waals surface area contributed by atoms with Crippen LogP contribution in [-0.4, -0.2) is 43.0 Å². The third-order valence-electron chi connectivity index (χ3n) is 6.95.